The molecule has 0 aliphatic rings. The van der Waals surface area contributed by atoms with Crippen molar-refractivity contribution in [3.8, 4) is 17.2 Å². The third-order valence-electron chi connectivity index (χ3n) is 6.22. The first-order valence-electron chi connectivity index (χ1n) is 11.4. The normalized spacial score (nSPS) is 11.3. The van der Waals surface area contributed by atoms with Gasteiger partial charge in [-0.25, -0.2) is 0 Å². The molecule has 0 radical (unpaired) electrons. The molecule has 0 aromatic heterocycles. The number of phenols is 3. The predicted molar refractivity (Wildman–Crippen MR) is 134 cm³/mol. The van der Waals surface area contributed by atoms with E-state index < -0.39 is 11.6 Å². The van der Waals surface area contributed by atoms with Gasteiger partial charge in [0.25, 0.3) is 0 Å². The number of aromatic hydroxyl groups is 3. The van der Waals surface area contributed by atoms with Crippen LogP contribution in [0.15, 0.2) is 36.4 Å². The molecule has 0 saturated carbocycles. The Morgan fingerprint density at radius 3 is 1.26 bits per heavy atom. The number of benzene rings is 3. The van der Waals surface area contributed by atoms with Gasteiger partial charge in [0.2, 0.25) is 0 Å². The number of hydrogen-bond donors (Lipinski definition) is 3. The first-order chi connectivity index (χ1) is 15.8. The van der Waals surface area contributed by atoms with Crippen molar-refractivity contribution in [2.75, 3.05) is 0 Å². The lowest BCUT2D eigenvalue weighted by atomic mass is 9.88. The summed E-state index contributed by atoms with van der Waals surface area (Å²) in [7, 11) is 0. The Morgan fingerprint density at radius 1 is 0.588 bits per heavy atom. The van der Waals surface area contributed by atoms with Crippen LogP contribution >= 0.6 is 0 Å². The number of phenolic OH excluding ortho intramolecular Hbond substituents is 3. The average Bonchev–Trinajstić information content (AvgIpc) is 2.73. The summed E-state index contributed by atoms with van der Waals surface area (Å²) < 4.78 is 0. The van der Waals surface area contributed by atoms with E-state index in [-0.39, 0.29) is 40.2 Å². The average molecular weight is 461 g/mol. The molecule has 0 unspecified atom stereocenters. The van der Waals surface area contributed by atoms with Gasteiger partial charge in [0.1, 0.15) is 17.2 Å². The molecule has 3 aromatic carbocycles. The van der Waals surface area contributed by atoms with E-state index >= 15 is 0 Å². The summed E-state index contributed by atoms with van der Waals surface area (Å²) in [5.74, 6) is -0.960. The Bertz CT molecular complexity index is 1200. The molecule has 0 aliphatic heterocycles. The van der Waals surface area contributed by atoms with Crippen LogP contribution in [0.5, 0.6) is 17.2 Å². The van der Waals surface area contributed by atoms with Crippen LogP contribution in [0.4, 0.5) is 0 Å². The summed E-state index contributed by atoms with van der Waals surface area (Å²) in [6.45, 7) is 12.9. The molecule has 178 valence electrons. The summed E-state index contributed by atoms with van der Waals surface area (Å²) in [5.41, 5.74) is 3.89. The van der Waals surface area contributed by atoms with Crippen molar-refractivity contribution in [1.82, 2.24) is 0 Å². The fraction of sp³-hybridized carbons (Fsp3) is 0.310. The summed E-state index contributed by atoms with van der Waals surface area (Å²) in [4.78, 5) is 27.0. The Labute approximate surface area is 200 Å². The van der Waals surface area contributed by atoms with Crippen molar-refractivity contribution < 1.29 is 24.9 Å². The molecule has 5 nitrogen and oxygen atoms in total. The van der Waals surface area contributed by atoms with Gasteiger partial charge in [-0.2, -0.15) is 0 Å². The lowest BCUT2D eigenvalue weighted by molar-refractivity contribution is 0.103. The first kappa shape index (κ1) is 25.0. The molecule has 0 spiro atoms. The minimum atomic E-state index is -0.417. The molecule has 0 heterocycles. The number of carbonyl (C=O) groups excluding carboxylic acids is 2. The summed E-state index contributed by atoms with van der Waals surface area (Å²) in [5, 5.41) is 31.6. The molecular formula is C29H32O5. The van der Waals surface area contributed by atoms with Crippen LogP contribution in [0.25, 0.3) is 0 Å². The van der Waals surface area contributed by atoms with Gasteiger partial charge in [-0.05, 0) is 96.8 Å². The van der Waals surface area contributed by atoms with Crippen LogP contribution in [-0.2, 0) is 0 Å². The van der Waals surface area contributed by atoms with E-state index in [1.54, 1.807) is 57.2 Å². The van der Waals surface area contributed by atoms with Crippen LogP contribution in [0, 0.1) is 20.8 Å². The molecule has 0 fully saturated rings. The SMILES string of the molecule is Cc1cc(C(=O)c2cc(C(C)C)c(O)cc2C)c(O)c(C(=O)c2cc(C(C)C)c(O)cc2C)c1. The maximum Gasteiger partial charge on any atom is 0.197 e. The Balaban J connectivity index is 2.16. The van der Waals surface area contributed by atoms with Crippen molar-refractivity contribution in [3.05, 3.63) is 86.5 Å². The van der Waals surface area contributed by atoms with Crippen molar-refractivity contribution in [2.45, 2.75) is 60.3 Å². The minimum Gasteiger partial charge on any atom is -0.508 e. The number of carbonyl (C=O) groups is 2. The van der Waals surface area contributed by atoms with Gasteiger partial charge in [-0.3, -0.25) is 9.59 Å². The molecule has 0 saturated heterocycles. The van der Waals surface area contributed by atoms with Crippen molar-refractivity contribution in [2.24, 2.45) is 0 Å². The largest absolute Gasteiger partial charge is 0.508 e. The maximum atomic E-state index is 13.5. The van der Waals surface area contributed by atoms with Crippen LogP contribution in [0.1, 0.15) is 99.2 Å². The topological polar surface area (TPSA) is 94.8 Å². The van der Waals surface area contributed by atoms with Gasteiger partial charge in [-0.15, -0.1) is 0 Å². The van der Waals surface area contributed by atoms with E-state index in [9.17, 15) is 24.9 Å². The fourth-order valence-corrected chi connectivity index (χ4v) is 4.25. The van der Waals surface area contributed by atoms with Crippen molar-refractivity contribution >= 4 is 11.6 Å². The molecule has 3 aromatic rings. The van der Waals surface area contributed by atoms with Gasteiger partial charge in [0, 0.05) is 11.1 Å². The van der Waals surface area contributed by atoms with E-state index in [0.717, 1.165) is 0 Å². The lowest BCUT2D eigenvalue weighted by Crippen LogP contribution is -2.11. The van der Waals surface area contributed by atoms with Crippen LogP contribution in [0.3, 0.4) is 0 Å². The predicted octanol–water partition coefficient (Wildman–Crippen LogP) is 6.44. The quantitative estimate of drug-likeness (QED) is 0.368. The van der Waals surface area contributed by atoms with Crippen molar-refractivity contribution in [1.29, 1.82) is 0 Å². The van der Waals surface area contributed by atoms with Crippen LogP contribution in [0.2, 0.25) is 0 Å². The monoisotopic (exact) mass is 460 g/mol. The molecule has 0 bridgehead atoms. The Kier molecular flexibility index (Phi) is 6.87. The van der Waals surface area contributed by atoms with E-state index in [2.05, 4.69) is 0 Å². The fourth-order valence-electron chi connectivity index (χ4n) is 4.25. The van der Waals surface area contributed by atoms with E-state index in [0.29, 0.717) is 38.9 Å². The standard InChI is InChI=1S/C29H32O5/c1-14(2)19-12-21(17(6)10-25(19)30)27(32)23-8-16(5)9-24(29(23)34)28(33)22-13-20(15(3)4)26(31)11-18(22)7/h8-15,30-31,34H,1-7H3. The maximum absolute atomic E-state index is 13.5. The van der Waals surface area contributed by atoms with E-state index in [1.165, 1.54) is 0 Å². The lowest BCUT2D eigenvalue weighted by Gasteiger charge is -2.16. The molecule has 0 atom stereocenters. The Hall–Kier alpha value is -3.60. The van der Waals surface area contributed by atoms with Crippen molar-refractivity contribution in [3.63, 3.8) is 0 Å². The highest BCUT2D eigenvalue weighted by Gasteiger charge is 2.25. The Morgan fingerprint density at radius 2 is 0.941 bits per heavy atom. The zero-order chi connectivity index (χ0) is 25.5. The third kappa shape index (κ3) is 4.56. The second-order valence-electron chi connectivity index (χ2n) is 9.63. The zero-order valence-corrected chi connectivity index (χ0v) is 20.8. The molecule has 0 amide bonds. The number of rotatable bonds is 6. The van der Waals surface area contributed by atoms with Gasteiger partial charge < -0.3 is 15.3 Å². The number of ketones is 2. The van der Waals surface area contributed by atoms with Gasteiger partial charge in [0.15, 0.2) is 11.6 Å². The highest BCUT2D eigenvalue weighted by atomic mass is 16.3. The van der Waals surface area contributed by atoms with Gasteiger partial charge in [-0.1, -0.05) is 27.7 Å². The number of aryl methyl sites for hydroxylation is 3. The third-order valence-corrected chi connectivity index (χ3v) is 6.22. The molecule has 5 heteroatoms. The smallest absolute Gasteiger partial charge is 0.197 e. The molecule has 3 rings (SSSR count). The van der Waals surface area contributed by atoms with Gasteiger partial charge in [0.05, 0.1) is 11.1 Å². The summed E-state index contributed by atoms with van der Waals surface area (Å²) in [6, 6.07) is 9.54. The first-order valence-corrected chi connectivity index (χ1v) is 11.4. The molecule has 0 aliphatic carbocycles. The van der Waals surface area contributed by atoms with Gasteiger partial charge >= 0.3 is 0 Å². The van der Waals surface area contributed by atoms with Crippen LogP contribution in [-0.4, -0.2) is 26.9 Å². The minimum absolute atomic E-state index is 0.00280. The van der Waals surface area contributed by atoms with Crippen LogP contribution < -0.4 is 0 Å². The van der Waals surface area contributed by atoms with E-state index in [4.69, 9.17) is 0 Å². The highest BCUT2D eigenvalue weighted by Crippen LogP contribution is 2.35. The second-order valence-corrected chi connectivity index (χ2v) is 9.63. The molecule has 34 heavy (non-hydrogen) atoms. The zero-order valence-electron chi connectivity index (χ0n) is 20.8. The van der Waals surface area contributed by atoms with E-state index in [1.807, 2.05) is 27.7 Å². The summed E-state index contributed by atoms with van der Waals surface area (Å²) >= 11 is 0. The second kappa shape index (κ2) is 9.34. The molecular weight excluding hydrogens is 428 g/mol. The molecule has 3 N–H and O–H groups in total. The summed E-state index contributed by atoms with van der Waals surface area (Å²) in [6.07, 6.45) is 0. The number of hydrogen-bond acceptors (Lipinski definition) is 5. The highest BCUT2D eigenvalue weighted by molar-refractivity contribution is 6.17.